The number of rotatable bonds is 8. The van der Waals surface area contributed by atoms with Gasteiger partial charge in [-0.15, -0.1) is 0 Å². The third-order valence-electron chi connectivity index (χ3n) is 4.75. The van der Waals surface area contributed by atoms with Crippen LogP contribution in [0.2, 0.25) is 0 Å². The van der Waals surface area contributed by atoms with E-state index in [1.165, 1.54) is 16.7 Å². The number of hydrogen-bond donors (Lipinski definition) is 0. The van der Waals surface area contributed by atoms with E-state index in [1.54, 1.807) is 0 Å². The van der Waals surface area contributed by atoms with E-state index in [0.717, 1.165) is 6.42 Å². The number of hydrogen-bond acceptors (Lipinski definition) is 3. The van der Waals surface area contributed by atoms with Gasteiger partial charge >= 0.3 is 59.1 Å². The van der Waals surface area contributed by atoms with Crippen molar-refractivity contribution in [2.45, 2.75) is 18.3 Å². The van der Waals surface area contributed by atoms with Crippen molar-refractivity contribution in [3.8, 4) is 0 Å². The molecule has 0 spiro atoms. The second kappa shape index (κ2) is 13.0. The molecule has 0 aliphatic heterocycles. The van der Waals surface area contributed by atoms with Crippen LogP contribution in [0.4, 0.5) is 0 Å². The Morgan fingerprint density at radius 2 is 1.00 bits per heavy atom. The minimum atomic E-state index is -2.23. The Morgan fingerprint density at radius 3 is 1.32 bits per heavy atom. The zero-order valence-corrected chi connectivity index (χ0v) is 20.6. The van der Waals surface area contributed by atoms with E-state index in [1.807, 2.05) is 54.6 Å². The van der Waals surface area contributed by atoms with E-state index in [-0.39, 0.29) is 71.1 Å². The summed E-state index contributed by atoms with van der Waals surface area (Å²) in [5, 5.41) is 21.4. The third kappa shape index (κ3) is 6.30. The van der Waals surface area contributed by atoms with Crippen LogP contribution in [-0.4, -0.2) is 13.9 Å². The summed E-state index contributed by atoms with van der Waals surface area (Å²) in [7, 11) is -2.23. The molecule has 0 amide bonds. The molecule has 0 saturated heterocycles. The van der Waals surface area contributed by atoms with Crippen molar-refractivity contribution in [3.05, 3.63) is 108 Å². The molecular weight excluding hydrogens is 369 g/mol. The first kappa shape index (κ1) is 25.6. The van der Waals surface area contributed by atoms with Crippen LogP contribution in [0.3, 0.4) is 0 Å². The molecule has 0 radical (unpaired) electrons. The Morgan fingerprint density at radius 1 is 0.643 bits per heavy atom. The van der Waals surface area contributed by atoms with Crippen LogP contribution in [0, 0.1) is 0 Å². The van der Waals surface area contributed by atoms with E-state index in [2.05, 4.69) is 36.4 Å². The van der Waals surface area contributed by atoms with Gasteiger partial charge in [0.15, 0.2) is 0 Å². The molecule has 132 valence electrons. The summed E-state index contributed by atoms with van der Waals surface area (Å²) in [5.74, 6) is 0. The van der Waals surface area contributed by atoms with E-state index in [9.17, 15) is 10.0 Å². The predicted molar refractivity (Wildman–Crippen MR) is 100 cm³/mol. The van der Waals surface area contributed by atoms with Gasteiger partial charge in [-0.3, -0.25) is 0 Å². The average Bonchev–Trinajstić information content (AvgIpc) is 2.70. The molecule has 3 aromatic carbocycles. The van der Waals surface area contributed by atoms with Crippen molar-refractivity contribution >= 4 is 7.32 Å². The van der Waals surface area contributed by atoms with Crippen LogP contribution in [0.15, 0.2) is 91.0 Å². The Balaban J connectivity index is 0.00000196. The van der Waals surface area contributed by atoms with Crippen LogP contribution in [0.5, 0.6) is 0 Å². The molecule has 6 heteroatoms. The summed E-state index contributed by atoms with van der Waals surface area (Å²) in [4.78, 5) is 0. The molecule has 0 atom stereocenters. The van der Waals surface area contributed by atoms with Crippen LogP contribution < -0.4 is 69.2 Å². The summed E-state index contributed by atoms with van der Waals surface area (Å²) in [5.41, 5.74) is 3.17. The van der Waals surface area contributed by atoms with Crippen molar-refractivity contribution in [3.63, 3.8) is 0 Å². The third-order valence-corrected chi connectivity index (χ3v) is 4.75. The molecule has 0 heterocycles. The standard InChI is InChI=1S/C22H21BO3.2Na/c24-23(25)26-18-10-17-22(19-11-4-1-5-12-19,20-13-6-2-7-14-20)21-15-8-3-9-16-21;;/h1-9,11-16H,10,17-18H2;;/q-2;2*+1. The topological polar surface area (TPSA) is 55.3 Å². The van der Waals surface area contributed by atoms with Crippen molar-refractivity contribution in [1.82, 2.24) is 0 Å². The van der Waals surface area contributed by atoms with E-state index in [4.69, 9.17) is 4.65 Å². The van der Waals surface area contributed by atoms with E-state index in [0.29, 0.717) is 6.42 Å². The maximum absolute atomic E-state index is 10.7. The fourth-order valence-electron chi connectivity index (χ4n) is 3.62. The quantitative estimate of drug-likeness (QED) is 0.228. The van der Waals surface area contributed by atoms with Gasteiger partial charge in [0.2, 0.25) is 0 Å². The second-order valence-electron chi connectivity index (χ2n) is 6.27. The molecule has 0 aliphatic carbocycles. The first-order valence-corrected chi connectivity index (χ1v) is 8.83. The van der Waals surface area contributed by atoms with Gasteiger partial charge in [0.05, 0.1) is 7.32 Å². The molecule has 28 heavy (non-hydrogen) atoms. The molecule has 0 saturated carbocycles. The fraction of sp³-hybridized carbons (Fsp3) is 0.182. The summed E-state index contributed by atoms with van der Waals surface area (Å²) in [6.07, 6.45) is 1.34. The molecule has 3 nitrogen and oxygen atoms in total. The molecule has 0 bridgehead atoms. The SMILES string of the molecule is [Na+].[Na+].[O-]B([O-])OCCCC(c1ccccc1)(c1ccccc1)c1ccccc1. The summed E-state index contributed by atoms with van der Waals surface area (Å²) in [6.45, 7) is 0.159. The molecule has 0 unspecified atom stereocenters. The molecule has 0 aromatic heterocycles. The minimum absolute atomic E-state index is 0. The van der Waals surface area contributed by atoms with Crippen molar-refractivity contribution in [2.24, 2.45) is 0 Å². The van der Waals surface area contributed by atoms with Gasteiger partial charge in [0.1, 0.15) is 0 Å². The second-order valence-corrected chi connectivity index (χ2v) is 6.27. The van der Waals surface area contributed by atoms with Crippen LogP contribution in [0.25, 0.3) is 0 Å². The van der Waals surface area contributed by atoms with Crippen molar-refractivity contribution in [2.75, 3.05) is 6.61 Å². The van der Waals surface area contributed by atoms with Gasteiger partial charge in [-0.25, -0.2) is 0 Å². The van der Waals surface area contributed by atoms with Crippen LogP contribution in [-0.2, 0) is 10.1 Å². The number of benzene rings is 3. The van der Waals surface area contributed by atoms with Crippen molar-refractivity contribution < 1.29 is 73.8 Å². The van der Waals surface area contributed by atoms with Crippen molar-refractivity contribution in [1.29, 1.82) is 0 Å². The van der Waals surface area contributed by atoms with Gasteiger partial charge in [-0.2, -0.15) is 0 Å². The zero-order valence-electron chi connectivity index (χ0n) is 16.6. The van der Waals surface area contributed by atoms with Gasteiger partial charge in [0, 0.05) is 12.0 Å². The maximum Gasteiger partial charge on any atom is 1.00 e. The Kier molecular flexibility index (Phi) is 11.9. The first-order chi connectivity index (χ1) is 12.7. The Labute approximate surface area is 211 Å². The predicted octanol–water partition coefficient (Wildman–Crippen LogP) is -3.47. The monoisotopic (exact) mass is 390 g/mol. The Hall–Kier alpha value is -0.395. The minimum Gasteiger partial charge on any atom is -0.871 e. The summed E-state index contributed by atoms with van der Waals surface area (Å²) >= 11 is 0. The van der Waals surface area contributed by atoms with Gasteiger partial charge in [-0.05, 0) is 29.5 Å². The van der Waals surface area contributed by atoms with E-state index < -0.39 is 7.32 Å². The van der Waals surface area contributed by atoms with Gasteiger partial charge < -0.3 is 14.7 Å². The molecule has 3 rings (SSSR count). The smallest absolute Gasteiger partial charge is 0.871 e. The average molecular weight is 390 g/mol. The molecule has 0 fully saturated rings. The van der Waals surface area contributed by atoms with E-state index >= 15 is 0 Å². The fourth-order valence-corrected chi connectivity index (χ4v) is 3.62. The Bertz CT molecular complexity index is 690. The summed E-state index contributed by atoms with van der Waals surface area (Å²) < 4.78 is 4.73. The van der Waals surface area contributed by atoms with Crippen LogP contribution in [0.1, 0.15) is 29.5 Å². The molecule has 0 N–H and O–H groups in total. The van der Waals surface area contributed by atoms with Gasteiger partial charge in [0.25, 0.3) is 0 Å². The maximum atomic E-state index is 10.7. The normalized spacial score (nSPS) is 10.5. The molecule has 0 aliphatic rings. The van der Waals surface area contributed by atoms with Crippen LogP contribution >= 0.6 is 0 Å². The largest absolute Gasteiger partial charge is 1.00 e. The molecular formula is C22H21BNa2O3. The first-order valence-electron chi connectivity index (χ1n) is 8.83. The van der Waals surface area contributed by atoms with Gasteiger partial charge in [-0.1, -0.05) is 91.0 Å². The zero-order chi connectivity index (χ0) is 18.2. The molecule has 3 aromatic rings. The summed E-state index contributed by atoms with van der Waals surface area (Å²) in [6, 6.07) is 31.0.